The number of hydrogen-bond acceptors (Lipinski definition) is 5. The monoisotopic (exact) mass is 261 g/mol. The first-order valence-corrected chi connectivity index (χ1v) is 7.15. The second-order valence-corrected chi connectivity index (χ2v) is 5.31. The van der Waals surface area contributed by atoms with Crippen molar-refractivity contribution >= 4 is 11.8 Å². The van der Waals surface area contributed by atoms with Crippen LogP contribution in [0, 0.1) is 0 Å². The Labute approximate surface area is 110 Å². The quantitative estimate of drug-likeness (QED) is 0.857. The number of nitrogens with one attached hydrogen (secondary N) is 1. The molecular formula is C13H15N3OS. The van der Waals surface area contributed by atoms with Gasteiger partial charge < -0.3 is 9.73 Å². The highest BCUT2D eigenvalue weighted by Crippen LogP contribution is 2.24. The van der Waals surface area contributed by atoms with Crippen molar-refractivity contribution in [2.24, 2.45) is 0 Å². The lowest BCUT2D eigenvalue weighted by Crippen LogP contribution is -2.23. The number of rotatable bonds is 4. The molecule has 4 nitrogen and oxygen atoms in total. The van der Waals surface area contributed by atoms with E-state index in [9.17, 15) is 0 Å². The van der Waals surface area contributed by atoms with E-state index in [0.29, 0.717) is 17.2 Å². The van der Waals surface area contributed by atoms with Crippen LogP contribution in [0.1, 0.15) is 12.8 Å². The molecule has 3 rings (SSSR count). The molecule has 0 bridgehead atoms. The Hall–Kier alpha value is -1.33. The van der Waals surface area contributed by atoms with Crippen LogP contribution in [0.5, 0.6) is 0 Å². The SMILES string of the molecule is c1ccc(-c2nnc(SC[C@@H]3CCCN3)o2)cc1. The molecule has 0 unspecified atom stereocenters. The van der Waals surface area contributed by atoms with Crippen LogP contribution < -0.4 is 5.32 Å². The van der Waals surface area contributed by atoms with Crippen molar-refractivity contribution in [1.29, 1.82) is 0 Å². The maximum atomic E-state index is 5.64. The van der Waals surface area contributed by atoms with Gasteiger partial charge in [0.1, 0.15) is 0 Å². The molecule has 2 aromatic rings. The van der Waals surface area contributed by atoms with Crippen molar-refractivity contribution < 1.29 is 4.42 Å². The molecule has 18 heavy (non-hydrogen) atoms. The zero-order valence-corrected chi connectivity index (χ0v) is 10.8. The highest BCUT2D eigenvalue weighted by atomic mass is 32.2. The van der Waals surface area contributed by atoms with Gasteiger partial charge in [0.15, 0.2) is 0 Å². The molecule has 0 saturated carbocycles. The Morgan fingerprint density at radius 1 is 1.28 bits per heavy atom. The Bertz CT molecular complexity index is 494. The van der Waals surface area contributed by atoms with E-state index in [2.05, 4.69) is 15.5 Å². The summed E-state index contributed by atoms with van der Waals surface area (Å²) in [5, 5.41) is 12.3. The summed E-state index contributed by atoms with van der Waals surface area (Å²) >= 11 is 1.63. The predicted molar refractivity (Wildman–Crippen MR) is 71.5 cm³/mol. The van der Waals surface area contributed by atoms with Gasteiger partial charge in [-0.3, -0.25) is 0 Å². The van der Waals surface area contributed by atoms with Crippen molar-refractivity contribution in [3.8, 4) is 11.5 Å². The highest BCUT2D eigenvalue weighted by molar-refractivity contribution is 7.99. The summed E-state index contributed by atoms with van der Waals surface area (Å²) in [5.74, 6) is 1.59. The van der Waals surface area contributed by atoms with Gasteiger partial charge in [0.05, 0.1) is 0 Å². The first-order chi connectivity index (χ1) is 8.92. The number of nitrogens with zero attached hydrogens (tertiary/aromatic N) is 2. The predicted octanol–water partition coefficient (Wildman–Crippen LogP) is 2.58. The fraction of sp³-hybridized carbons (Fsp3) is 0.385. The molecule has 1 atom stereocenters. The van der Waals surface area contributed by atoms with Crippen LogP contribution in [0.2, 0.25) is 0 Å². The Morgan fingerprint density at radius 3 is 2.94 bits per heavy atom. The minimum absolute atomic E-state index is 0.585. The van der Waals surface area contributed by atoms with Crippen molar-refractivity contribution in [3.63, 3.8) is 0 Å². The van der Waals surface area contributed by atoms with Crippen LogP contribution in [0.3, 0.4) is 0 Å². The van der Waals surface area contributed by atoms with Gasteiger partial charge >= 0.3 is 0 Å². The third kappa shape index (κ3) is 2.73. The summed E-state index contributed by atoms with van der Waals surface area (Å²) in [6.45, 7) is 1.13. The molecular weight excluding hydrogens is 246 g/mol. The van der Waals surface area contributed by atoms with Gasteiger partial charge in [-0.25, -0.2) is 0 Å². The first-order valence-electron chi connectivity index (χ1n) is 6.17. The van der Waals surface area contributed by atoms with Gasteiger partial charge in [-0.05, 0) is 31.5 Å². The van der Waals surface area contributed by atoms with Gasteiger partial charge in [-0.2, -0.15) is 0 Å². The van der Waals surface area contributed by atoms with Crippen LogP contribution >= 0.6 is 11.8 Å². The Morgan fingerprint density at radius 2 is 2.17 bits per heavy atom. The van der Waals surface area contributed by atoms with Crippen molar-refractivity contribution in [2.45, 2.75) is 24.1 Å². The standard InChI is InChI=1S/C13H15N3OS/c1-2-5-10(6-3-1)12-15-16-13(17-12)18-9-11-7-4-8-14-11/h1-3,5-6,11,14H,4,7-9H2/t11-/m0/s1. The molecule has 94 valence electrons. The van der Waals surface area contributed by atoms with Gasteiger partial charge in [-0.15, -0.1) is 10.2 Å². The molecule has 1 aliphatic rings. The number of hydrogen-bond donors (Lipinski definition) is 1. The molecule has 0 aliphatic carbocycles. The van der Waals surface area contributed by atoms with Gasteiger partial charge in [0.25, 0.3) is 5.22 Å². The van der Waals surface area contributed by atoms with E-state index in [0.717, 1.165) is 17.9 Å². The summed E-state index contributed by atoms with van der Waals surface area (Å²) in [4.78, 5) is 0. The molecule has 2 heterocycles. The maximum absolute atomic E-state index is 5.64. The van der Waals surface area contributed by atoms with E-state index in [1.165, 1.54) is 12.8 Å². The Balaban J connectivity index is 1.63. The smallest absolute Gasteiger partial charge is 0.276 e. The van der Waals surface area contributed by atoms with Crippen LogP contribution in [-0.4, -0.2) is 28.5 Å². The molecule has 1 aromatic carbocycles. The summed E-state index contributed by atoms with van der Waals surface area (Å²) in [5.41, 5.74) is 0.968. The molecule has 0 spiro atoms. The zero-order valence-electron chi connectivity index (χ0n) is 10.0. The van der Waals surface area contributed by atoms with Crippen molar-refractivity contribution in [3.05, 3.63) is 30.3 Å². The molecule has 1 fully saturated rings. The maximum Gasteiger partial charge on any atom is 0.276 e. The second kappa shape index (κ2) is 5.54. The van der Waals surface area contributed by atoms with Gasteiger partial charge in [0.2, 0.25) is 5.89 Å². The third-order valence-electron chi connectivity index (χ3n) is 3.00. The van der Waals surface area contributed by atoms with Crippen LogP contribution in [0.15, 0.2) is 40.0 Å². The fourth-order valence-electron chi connectivity index (χ4n) is 2.04. The van der Waals surface area contributed by atoms with Crippen LogP contribution in [-0.2, 0) is 0 Å². The van der Waals surface area contributed by atoms with E-state index >= 15 is 0 Å². The topological polar surface area (TPSA) is 51.0 Å². The van der Waals surface area contributed by atoms with E-state index in [4.69, 9.17) is 4.42 Å². The van der Waals surface area contributed by atoms with Crippen molar-refractivity contribution in [2.75, 3.05) is 12.3 Å². The van der Waals surface area contributed by atoms with Crippen LogP contribution in [0.4, 0.5) is 0 Å². The zero-order chi connectivity index (χ0) is 12.2. The fourth-order valence-corrected chi connectivity index (χ4v) is 2.90. The van der Waals surface area contributed by atoms with Crippen LogP contribution in [0.25, 0.3) is 11.5 Å². The van der Waals surface area contributed by atoms with Gasteiger partial charge in [0, 0.05) is 17.4 Å². The van der Waals surface area contributed by atoms with E-state index in [-0.39, 0.29) is 0 Å². The van der Waals surface area contributed by atoms with E-state index in [1.807, 2.05) is 30.3 Å². The molecule has 1 saturated heterocycles. The number of benzene rings is 1. The molecule has 0 radical (unpaired) electrons. The lowest BCUT2D eigenvalue weighted by molar-refractivity contribution is 0.465. The largest absolute Gasteiger partial charge is 0.411 e. The molecule has 0 amide bonds. The molecule has 5 heteroatoms. The van der Waals surface area contributed by atoms with Gasteiger partial charge in [-0.1, -0.05) is 30.0 Å². The molecule has 1 aliphatic heterocycles. The molecule has 1 N–H and O–H groups in total. The van der Waals surface area contributed by atoms with E-state index in [1.54, 1.807) is 11.8 Å². The lowest BCUT2D eigenvalue weighted by Gasteiger charge is -2.06. The third-order valence-corrected chi connectivity index (χ3v) is 3.98. The summed E-state index contributed by atoms with van der Waals surface area (Å²) < 4.78 is 5.64. The summed E-state index contributed by atoms with van der Waals surface area (Å²) in [6.07, 6.45) is 2.51. The molecule has 1 aromatic heterocycles. The highest BCUT2D eigenvalue weighted by Gasteiger charge is 2.16. The Kier molecular flexibility index (Phi) is 3.61. The first kappa shape index (κ1) is 11.7. The minimum Gasteiger partial charge on any atom is -0.411 e. The lowest BCUT2D eigenvalue weighted by atomic mass is 10.2. The van der Waals surface area contributed by atoms with Crippen molar-refractivity contribution in [1.82, 2.24) is 15.5 Å². The number of thioether (sulfide) groups is 1. The average Bonchev–Trinajstić information content (AvgIpc) is 3.09. The minimum atomic E-state index is 0.585. The normalized spacial score (nSPS) is 19.2. The van der Waals surface area contributed by atoms with E-state index < -0.39 is 0 Å². The summed E-state index contributed by atoms with van der Waals surface area (Å²) in [6, 6.07) is 10.4. The summed E-state index contributed by atoms with van der Waals surface area (Å²) in [7, 11) is 0. The average molecular weight is 261 g/mol. The number of aromatic nitrogens is 2. The second-order valence-electron chi connectivity index (χ2n) is 4.34.